The fourth-order valence-corrected chi connectivity index (χ4v) is 3.92. The Morgan fingerprint density at radius 1 is 0.895 bits per heavy atom. The third kappa shape index (κ3) is 1.05. The van der Waals surface area contributed by atoms with Gasteiger partial charge < -0.3 is 0 Å². The van der Waals surface area contributed by atoms with Crippen LogP contribution < -0.4 is 0 Å². The van der Waals surface area contributed by atoms with Crippen molar-refractivity contribution in [3.05, 3.63) is 58.7 Å². The Kier molecular flexibility index (Phi) is 1.56. The Bertz CT molecular complexity index is 903. The van der Waals surface area contributed by atoms with E-state index in [1.165, 1.54) is 38.2 Å². The van der Waals surface area contributed by atoms with Gasteiger partial charge in [-0.05, 0) is 57.1 Å². The van der Waals surface area contributed by atoms with E-state index in [1.807, 2.05) is 0 Å². The van der Waals surface area contributed by atoms with Gasteiger partial charge in [0, 0.05) is 0 Å². The first kappa shape index (κ1) is 9.74. The van der Waals surface area contributed by atoms with E-state index in [4.69, 9.17) is 0 Å². The van der Waals surface area contributed by atoms with Crippen molar-refractivity contribution in [2.24, 2.45) is 0 Å². The number of carbonyl (C=O) groups excluding carboxylic acids is 1. The average Bonchev–Trinajstić information content (AvgIpc) is 2.98. The summed E-state index contributed by atoms with van der Waals surface area (Å²) in [4.78, 5) is 10.1. The van der Waals surface area contributed by atoms with Gasteiger partial charge in [0.05, 0.1) is 12.0 Å². The molecule has 0 aliphatic heterocycles. The SMILES string of the molecule is [OH+]=C1CCc2c1cc1c3c2ccc2cccc(c23)C1. The molecule has 0 bridgehead atoms. The number of fused-ring (bicyclic) bond motifs is 2. The molecule has 0 heterocycles. The molecule has 2 aliphatic carbocycles. The maximum absolute atomic E-state index is 10.1. The Hall–Kier alpha value is -2.15. The minimum Gasteiger partial charge on any atom is -0.278 e. The molecule has 0 fully saturated rings. The van der Waals surface area contributed by atoms with Gasteiger partial charge in [-0.25, -0.2) is 0 Å². The van der Waals surface area contributed by atoms with E-state index in [0.717, 1.165) is 24.8 Å². The standard InChI is InChI=1S/C18H12O/c19-16-7-6-13-14-5-4-10-2-1-3-11-8-12(9-15(13)16)18(14)17(10)11/h1-5,9H,6-8H2/p+1. The summed E-state index contributed by atoms with van der Waals surface area (Å²) < 4.78 is 0. The molecule has 3 aromatic carbocycles. The van der Waals surface area contributed by atoms with Gasteiger partial charge in [-0.1, -0.05) is 30.3 Å². The highest BCUT2D eigenvalue weighted by molar-refractivity contribution is 6.17. The molecule has 2 aliphatic rings. The van der Waals surface area contributed by atoms with Crippen LogP contribution in [0.2, 0.25) is 0 Å². The molecular weight excluding hydrogens is 232 g/mol. The Labute approximate surface area is 110 Å². The van der Waals surface area contributed by atoms with Gasteiger partial charge in [-0.3, -0.25) is 4.79 Å². The van der Waals surface area contributed by atoms with Crippen molar-refractivity contribution in [3.63, 3.8) is 0 Å². The summed E-state index contributed by atoms with van der Waals surface area (Å²) in [6.07, 6.45) is 2.78. The molecule has 0 radical (unpaired) electrons. The second-order valence-electron chi connectivity index (χ2n) is 5.69. The van der Waals surface area contributed by atoms with Gasteiger partial charge in [0.25, 0.3) is 0 Å². The highest BCUT2D eigenvalue weighted by atomic mass is 16.1. The van der Waals surface area contributed by atoms with Crippen LogP contribution in [-0.2, 0) is 12.8 Å². The average molecular weight is 245 g/mol. The number of aryl methyl sites for hydroxylation is 1. The third-order valence-corrected chi connectivity index (χ3v) is 4.73. The van der Waals surface area contributed by atoms with E-state index in [2.05, 4.69) is 36.4 Å². The van der Waals surface area contributed by atoms with Crippen LogP contribution in [0.5, 0.6) is 0 Å². The van der Waals surface area contributed by atoms with Crippen molar-refractivity contribution in [1.29, 1.82) is 0 Å². The molecule has 0 atom stereocenters. The molecule has 1 N–H and O–H groups in total. The summed E-state index contributed by atoms with van der Waals surface area (Å²) >= 11 is 0. The maximum atomic E-state index is 10.1. The van der Waals surface area contributed by atoms with Crippen LogP contribution >= 0.6 is 0 Å². The fourth-order valence-electron chi connectivity index (χ4n) is 3.92. The summed E-state index contributed by atoms with van der Waals surface area (Å²) in [5.74, 6) is 0.573. The monoisotopic (exact) mass is 245 g/mol. The van der Waals surface area contributed by atoms with E-state index in [9.17, 15) is 4.79 Å². The van der Waals surface area contributed by atoms with Crippen molar-refractivity contribution in [1.82, 2.24) is 0 Å². The zero-order valence-corrected chi connectivity index (χ0v) is 10.5. The minimum atomic E-state index is 0.573. The summed E-state index contributed by atoms with van der Waals surface area (Å²) in [6, 6.07) is 13.3. The van der Waals surface area contributed by atoms with Gasteiger partial charge in [0.2, 0.25) is 0 Å². The molecule has 0 aromatic heterocycles. The van der Waals surface area contributed by atoms with Crippen LogP contribution in [-0.4, -0.2) is 10.6 Å². The maximum Gasteiger partial charge on any atom is 0.324 e. The molecule has 90 valence electrons. The van der Waals surface area contributed by atoms with E-state index < -0.39 is 0 Å². The molecule has 0 spiro atoms. The lowest BCUT2D eigenvalue weighted by molar-refractivity contribution is 0.666. The molecule has 3 aromatic rings. The Morgan fingerprint density at radius 2 is 1.84 bits per heavy atom. The van der Waals surface area contributed by atoms with Crippen LogP contribution in [0, 0.1) is 0 Å². The molecule has 0 unspecified atom stereocenters. The van der Waals surface area contributed by atoms with Gasteiger partial charge in [0.1, 0.15) is 0 Å². The summed E-state index contributed by atoms with van der Waals surface area (Å²) in [7, 11) is 0. The number of ketones is 1. The summed E-state index contributed by atoms with van der Waals surface area (Å²) in [6.45, 7) is 0. The number of benzene rings is 3. The lowest BCUT2D eigenvalue weighted by atomic mass is 9.95. The zero-order valence-electron chi connectivity index (χ0n) is 10.5. The van der Waals surface area contributed by atoms with Gasteiger partial charge in [-0.2, -0.15) is 0 Å². The van der Waals surface area contributed by atoms with Crippen molar-refractivity contribution < 1.29 is 4.79 Å². The van der Waals surface area contributed by atoms with Gasteiger partial charge in [-0.15, -0.1) is 0 Å². The smallest absolute Gasteiger partial charge is 0.278 e. The van der Waals surface area contributed by atoms with Crippen LogP contribution in [0.1, 0.15) is 28.7 Å². The third-order valence-electron chi connectivity index (χ3n) is 4.73. The van der Waals surface area contributed by atoms with E-state index in [0.29, 0.717) is 5.78 Å². The topological polar surface area (TPSA) is 21.4 Å². The van der Waals surface area contributed by atoms with Crippen molar-refractivity contribution in [3.8, 4) is 0 Å². The highest BCUT2D eigenvalue weighted by Gasteiger charge is 2.30. The quantitative estimate of drug-likeness (QED) is 0.332. The molecular formula is C18H13O+. The van der Waals surface area contributed by atoms with E-state index in [1.54, 1.807) is 0 Å². The van der Waals surface area contributed by atoms with Crippen LogP contribution in [0.15, 0.2) is 36.4 Å². The zero-order chi connectivity index (χ0) is 12.6. The van der Waals surface area contributed by atoms with Crippen molar-refractivity contribution in [2.45, 2.75) is 19.3 Å². The Morgan fingerprint density at radius 3 is 2.79 bits per heavy atom. The summed E-state index contributed by atoms with van der Waals surface area (Å²) in [5.41, 5.74) is 5.25. The van der Waals surface area contributed by atoms with E-state index >= 15 is 0 Å². The normalized spacial score (nSPS) is 15.9. The largest absolute Gasteiger partial charge is 0.324 e. The molecule has 0 amide bonds. The molecule has 1 heteroatoms. The fraction of sp³-hybridized carbons (Fsp3) is 0.167. The van der Waals surface area contributed by atoms with Crippen molar-refractivity contribution >= 4 is 27.3 Å². The van der Waals surface area contributed by atoms with Crippen LogP contribution in [0.4, 0.5) is 0 Å². The summed E-state index contributed by atoms with van der Waals surface area (Å²) in [5, 5.41) is 5.56. The highest BCUT2D eigenvalue weighted by Crippen LogP contribution is 2.42. The predicted octanol–water partition coefficient (Wildman–Crippen LogP) is 3.74. The molecule has 1 nitrogen and oxygen atoms in total. The van der Waals surface area contributed by atoms with Gasteiger partial charge in [0.15, 0.2) is 0 Å². The predicted molar refractivity (Wildman–Crippen MR) is 78.6 cm³/mol. The second-order valence-corrected chi connectivity index (χ2v) is 5.69. The van der Waals surface area contributed by atoms with Crippen LogP contribution in [0.25, 0.3) is 21.5 Å². The first-order valence-corrected chi connectivity index (χ1v) is 6.87. The number of hydrogen-bond donors (Lipinski definition) is 0. The second kappa shape index (κ2) is 3.05. The van der Waals surface area contributed by atoms with E-state index in [-0.39, 0.29) is 0 Å². The van der Waals surface area contributed by atoms with Crippen LogP contribution in [0.3, 0.4) is 0 Å². The molecule has 19 heavy (non-hydrogen) atoms. The lowest BCUT2D eigenvalue weighted by Gasteiger charge is -2.07. The number of hydrogen-bond acceptors (Lipinski definition) is 0. The lowest BCUT2D eigenvalue weighted by Crippen LogP contribution is -1.95. The molecule has 0 saturated carbocycles. The van der Waals surface area contributed by atoms with Gasteiger partial charge >= 0.3 is 5.78 Å². The van der Waals surface area contributed by atoms with Crippen molar-refractivity contribution in [2.75, 3.05) is 0 Å². The first-order valence-electron chi connectivity index (χ1n) is 6.87. The molecule has 0 saturated heterocycles. The molecule has 5 rings (SSSR count). The number of rotatable bonds is 0. The minimum absolute atomic E-state index is 0.573. The first-order chi connectivity index (χ1) is 9.33. The Balaban J connectivity index is 2.08.